The molecule has 0 unspecified atom stereocenters. The van der Waals surface area contributed by atoms with Crippen molar-refractivity contribution in [2.45, 2.75) is 33.4 Å². The molecule has 0 bridgehead atoms. The van der Waals surface area contributed by atoms with Gasteiger partial charge in [-0.05, 0) is 29.5 Å². The van der Waals surface area contributed by atoms with Gasteiger partial charge in [-0.3, -0.25) is 4.79 Å². The molecule has 3 nitrogen and oxygen atoms in total. The smallest absolute Gasteiger partial charge is 0.223 e. The molecule has 98 valence electrons. The first-order chi connectivity index (χ1) is 8.44. The van der Waals surface area contributed by atoms with Crippen LogP contribution in [0.4, 0.5) is 4.39 Å². The number of aliphatic hydroxyl groups is 1. The molecule has 1 fully saturated rings. The summed E-state index contributed by atoms with van der Waals surface area (Å²) >= 11 is 0. The predicted octanol–water partition coefficient (Wildman–Crippen LogP) is 1.98. The van der Waals surface area contributed by atoms with E-state index >= 15 is 0 Å². The molecule has 18 heavy (non-hydrogen) atoms. The molecule has 1 aromatic carbocycles. The third kappa shape index (κ3) is 2.70. The molecule has 0 aromatic heterocycles. The summed E-state index contributed by atoms with van der Waals surface area (Å²) in [7, 11) is 0. The minimum atomic E-state index is -0.420. The highest BCUT2D eigenvalue weighted by molar-refractivity contribution is 5.82. The topological polar surface area (TPSA) is 49.3 Å². The Morgan fingerprint density at radius 2 is 2.22 bits per heavy atom. The van der Waals surface area contributed by atoms with Crippen LogP contribution >= 0.6 is 0 Å². The van der Waals surface area contributed by atoms with Gasteiger partial charge in [0.2, 0.25) is 5.91 Å². The molecule has 4 heteroatoms. The lowest BCUT2D eigenvalue weighted by Crippen LogP contribution is -2.26. The van der Waals surface area contributed by atoms with Crippen molar-refractivity contribution in [3.8, 4) is 0 Å². The molecular weight excluding hydrogens is 233 g/mol. The Balaban J connectivity index is 1.92. The molecular formula is C14H18FNO2. The summed E-state index contributed by atoms with van der Waals surface area (Å²) in [6.07, 6.45) is 0.921. The number of carbonyl (C=O) groups excluding carboxylic acids is 1. The van der Waals surface area contributed by atoms with Crippen LogP contribution in [-0.4, -0.2) is 11.0 Å². The van der Waals surface area contributed by atoms with Crippen LogP contribution in [0.15, 0.2) is 18.2 Å². The van der Waals surface area contributed by atoms with E-state index in [1.807, 2.05) is 0 Å². The Bertz CT molecular complexity index is 471. The normalized spacial score (nSPS) is 20.6. The number of hydrogen-bond donors (Lipinski definition) is 2. The average molecular weight is 251 g/mol. The third-order valence-corrected chi connectivity index (χ3v) is 3.58. The highest BCUT2D eigenvalue weighted by Gasteiger charge is 2.50. The largest absolute Gasteiger partial charge is 0.392 e. The van der Waals surface area contributed by atoms with Crippen LogP contribution in [0.1, 0.15) is 31.4 Å². The predicted molar refractivity (Wildman–Crippen MR) is 66.1 cm³/mol. The zero-order chi connectivity index (χ0) is 13.3. The van der Waals surface area contributed by atoms with E-state index in [-0.39, 0.29) is 29.4 Å². The Hall–Kier alpha value is -1.42. The van der Waals surface area contributed by atoms with Crippen molar-refractivity contribution in [1.29, 1.82) is 0 Å². The Kier molecular flexibility index (Phi) is 3.39. The summed E-state index contributed by atoms with van der Waals surface area (Å²) in [6.45, 7) is 4.18. The molecule has 1 saturated carbocycles. The van der Waals surface area contributed by atoms with Crippen LogP contribution in [0.3, 0.4) is 0 Å². The fourth-order valence-electron chi connectivity index (χ4n) is 2.09. The molecule has 1 amide bonds. The molecule has 1 aliphatic carbocycles. The number of carbonyl (C=O) groups is 1. The van der Waals surface area contributed by atoms with Gasteiger partial charge in [0.15, 0.2) is 0 Å². The van der Waals surface area contributed by atoms with E-state index in [0.29, 0.717) is 6.54 Å². The average Bonchev–Trinajstić information content (AvgIpc) is 2.97. The van der Waals surface area contributed by atoms with Gasteiger partial charge < -0.3 is 10.4 Å². The van der Waals surface area contributed by atoms with Crippen molar-refractivity contribution >= 4 is 5.91 Å². The quantitative estimate of drug-likeness (QED) is 0.859. The maximum Gasteiger partial charge on any atom is 0.223 e. The van der Waals surface area contributed by atoms with Gasteiger partial charge >= 0.3 is 0 Å². The van der Waals surface area contributed by atoms with Gasteiger partial charge in [0.05, 0.1) is 6.61 Å². The van der Waals surface area contributed by atoms with Gasteiger partial charge in [0.25, 0.3) is 0 Å². The number of rotatable bonds is 4. The van der Waals surface area contributed by atoms with Gasteiger partial charge in [0.1, 0.15) is 5.82 Å². The second-order valence-corrected chi connectivity index (χ2v) is 5.55. The van der Waals surface area contributed by atoms with Crippen LogP contribution < -0.4 is 5.32 Å². The van der Waals surface area contributed by atoms with Crippen LogP contribution in [0.2, 0.25) is 0 Å². The second kappa shape index (κ2) is 4.69. The van der Waals surface area contributed by atoms with Crippen molar-refractivity contribution in [2.75, 3.05) is 0 Å². The van der Waals surface area contributed by atoms with E-state index < -0.39 is 5.82 Å². The number of benzene rings is 1. The highest BCUT2D eigenvalue weighted by atomic mass is 19.1. The highest BCUT2D eigenvalue weighted by Crippen LogP contribution is 2.51. The monoisotopic (exact) mass is 251 g/mol. The number of hydrogen-bond acceptors (Lipinski definition) is 2. The molecule has 2 rings (SSSR count). The van der Waals surface area contributed by atoms with Crippen molar-refractivity contribution < 1.29 is 14.3 Å². The van der Waals surface area contributed by atoms with Crippen molar-refractivity contribution in [1.82, 2.24) is 5.32 Å². The fourth-order valence-corrected chi connectivity index (χ4v) is 2.09. The number of nitrogens with one attached hydrogen (secondary N) is 1. The standard InChI is InChI=1S/C14H18FNO2/c1-14(2)6-11(14)13(18)16-7-9-3-4-12(15)10(5-9)8-17/h3-5,11,17H,6-8H2,1-2H3,(H,16,18)/t11-/m1/s1. The van der Waals surface area contributed by atoms with E-state index in [1.54, 1.807) is 12.1 Å². The maximum absolute atomic E-state index is 13.2. The maximum atomic E-state index is 13.2. The Morgan fingerprint density at radius 1 is 1.56 bits per heavy atom. The summed E-state index contributed by atoms with van der Waals surface area (Å²) in [5.74, 6) is -0.277. The third-order valence-electron chi connectivity index (χ3n) is 3.58. The molecule has 0 saturated heterocycles. The van der Waals surface area contributed by atoms with Gasteiger partial charge in [-0.2, -0.15) is 0 Å². The van der Waals surface area contributed by atoms with E-state index in [4.69, 9.17) is 5.11 Å². The minimum Gasteiger partial charge on any atom is -0.392 e. The lowest BCUT2D eigenvalue weighted by Gasteiger charge is -2.08. The van der Waals surface area contributed by atoms with Crippen molar-refractivity contribution in [3.63, 3.8) is 0 Å². The lowest BCUT2D eigenvalue weighted by atomic mass is 10.1. The van der Waals surface area contributed by atoms with Crippen LogP contribution in [-0.2, 0) is 17.9 Å². The first-order valence-corrected chi connectivity index (χ1v) is 6.10. The summed E-state index contributed by atoms with van der Waals surface area (Å²) in [5.41, 5.74) is 1.17. The van der Waals surface area contributed by atoms with Gasteiger partial charge in [-0.15, -0.1) is 0 Å². The number of amides is 1. The van der Waals surface area contributed by atoms with E-state index in [0.717, 1.165) is 12.0 Å². The van der Waals surface area contributed by atoms with Crippen molar-refractivity contribution in [2.24, 2.45) is 11.3 Å². The zero-order valence-corrected chi connectivity index (χ0v) is 10.7. The SMILES string of the molecule is CC1(C)C[C@@H]1C(=O)NCc1ccc(F)c(CO)c1. The molecule has 0 spiro atoms. The molecule has 0 radical (unpaired) electrons. The molecule has 0 heterocycles. The van der Waals surface area contributed by atoms with E-state index in [2.05, 4.69) is 19.2 Å². The number of halogens is 1. The minimum absolute atomic E-state index is 0.0508. The summed E-state index contributed by atoms with van der Waals surface area (Å²) in [5, 5.41) is 11.8. The molecule has 1 atom stereocenters. The Morgan fingerprint density at radius 3 is 2.78 bits per heavy atom. The van der Waals surface area contributed by atoms with Crippen LogP contribution in [0.5, 0.6) is 0 Å². The molecule has 2 N–H and O–H groups in total. The fraction of sp³-hybridized carbons (Fsp3) is 0.500. The molecule has 0 aliphatic heterocycles. The van der Waals surface area contributed by atoms with Gasteiger partial charge in [-0.25, -0.2) is 4.39 Å². The number of aliphatic hydroxyl groups excluding tert-OH is 1. The van der Waals surface area contributed by atoms with Gasteiger partial charge in [0, 0.05) is 18.0 Å². The lowest BCUT2D eigenvalue weighted by molar-refractivity contribution is -0.123. The van der Waals surface area contributed by atoms with E-state index in [1.165, 1.54) is 6.07 Å². The summed E-state index contributed by atoms with van der Waals surface area (Å²) in [4.78, 5) is 11.8. The van der Waals surface area contributed by atoms with Gasteiger partial charge in [-0.1, -0.05) is 19.9 Å². The summed E-state index contributed by atoms with van der Waals surface area (Å²) < 4.78 is 13.2. The Labute approximate surface area is 106 Å². The zero-order valence-electron chi connectivity index (χ0n) is 10.7. The molecule has 1 aliphatic rings. The molecule has 1 aromatic rings. The van der Waals surface area contributed by atoms with Crippen LogP contribution in [0.25, 0.3) is 0 Å². The van der Waals surface area contributed by atoms with Crippen LogP contribution in [0, 0.1) is 17.2 Å². The van der Waals surface area contributed by atoms with E-state index in [9.17, 15) is 9.18 Å². The second-order valence-electron chi connectivity index (χ2n) is 5.55. The first kappa shape index (κ1) is 13.0. The van der Waals surface area contributed by atoms with Crippen molar-refractivity contribution in [3.05, 3.63) is 35.1 Å². The first-order valence-electron chi connectivity index (χ1n) is 6.10. The summed E-state index contributed by atoms with van der Waals surface area (Å²) in [6, 6.07) is 4.51.